The van der Waals surface area contributed by atoms with Gasteiger partial charge in [0, 0.05) is 24.2 Å². The summed E-state index contributed by atoms with van der Waals surface area (Å²) >= 11 is 0. The van der Waals surface area contributed by atoms with E-state index >= 15 is 0 Å². The normalized spacial score (nSPS) is 36.2. The van der Waals surface area contributed by atoms with Crippen molar-refractivity contribution in [2.45, 2.75) is 623 Å². The summed E-state index contributed by atoms with van der Waals surface area (Å²) in [6.07, 6.45) is 71.4. The zero-order valence-electron chi connectivity index (χ0n) is 108. The molecule has 144 heavy (non-hydrogen) atoms. The first-order valence-electron chi connectivity index (χ1n) is 66.3. The Morgan fingerprint density at radius 2 is 0.264 bits per heavy atom. The van der Waals surface area contributed by atoms with Crippen LogP contribution in [0.25, 0.3) is 0 Å². The van der Waals surface area contributed by atoms with Gasteiger partial charge in [-0.3, -0.25) is 0 Å². The van der Waals surface area contributed by atoms with Crippen LogP contribution < -0.4 is 21.7 Å². The predicted octanol–water partition coefficient (Wildman–Crippen LogP) is 43.5. The monoisotopic (exact) mass is 2020 g/mol. The first-order chi connectivity index (χ1) is 67.6. The highest BCUT2D eigenvalue weighted by atomic mass is 14.9. The van der Waals surface area contributed by atoms with Crippen LogP contribution >= 0.6 is 0 Å². The van der Waals surface area contributed by atoms with Crippen molar-refractivity contribution in [3.63, 3.8) is 0 Å². The molecule has 16 rings (SSSR count). The minimum absolute atomic E-state index is 0.511. The van der Waals surface area contributed by atoms with Crippen molar-refractivity contribution < 1.29 is 0 Å². The summed E-state index contributed by atoms with van der Waals surface area (Å²) in [7, 11) is 6.25. The minimum Gasteiger partial charge on any atom is -0.328 e. The lowest BCUT2D eigenvalue weighted by molar-refractivity contribution is 0.0241. The van der Waals surface area contributed by atoms with Crippen molar-refractivity contribution in [2.75, 3.05) is 21.1 Å². The van der Waals surface area contributed by atoms with Gasteiger partial charge in [-0.25, -0.2) is 0 Å². The van der Waals surface area contributed by atoms with Gasteiger partial charge in [0.25, 0.3) is 0 Å². The van der Waals surface area contributed by atoms with Gasteiger partial charge in [0.05, 0.1) is 0 Å². The fourth-order valence-corrected chi connectivity index (χ4v) is 28.7. The van der Waals surface area contributed by atoms with E-state index in [0.29, 0.717) is 6.04 Å². The third-order valence-electron chi connectivity index (χ3n) is 42.8. The molecule has 16 aliphatic rings. The molecule has 4 nitrogen and oxygen atoms in total. The second-order valence-corrected chi connectivity index (χ2v) is 60.8. The second-order valence-electron chi connectivity index (χ2n) is 60.8. The molecule has 0 bridgehead atoms. The summed E-state index contributed by atoms with van der Waals surface area (Å²) < 4.78 is 0. The Balaban J connectivity index is 0.000000522. The molecule has 0 heterocycles. The molecule has 0 radical (unpaired) electrons. The van der Waals surface area contributed by atoms with Crippen molar-refractivity contribution >= 4 is 0 Å². The lowest BCUT2D eigenvalue weighted by Crippen LogP contribution is -2.38. The highest BCUT2D eigenvalue weighted by molar-refractivity contribution is 4.92. The highest BCUT2D eigenvalue weighted by Gasteiger charge is 2.42. The van der Waals surface area contributed by atoms with Crippen LogP contribution in [0.4, 0.5) is 0 Å². The average molecular weight is 2020 g/mol. The van der Waals surface area contributed by atoms with Gasteiger partial charge in [-0.05, 0) is 526 Å². The Kier molecular flexibility index (Phi) is 75.1. The first-order valence-corrected chi connectivity index (χ1v) is 66.3. The quantitative estimate of drug-likeness (QED) is 0.104. The van der Waals surface area contributed by atoms with Crippen molar-refractivity contribution in [3.05, 3.63) is 0 Å². The zero-order chi connectivity index (χ0) is 109. The topological polar surface area (TPSA) is 62.1 Å². The summed E-state index contributed by atoms with van der Waals surface area (Å²) in [4.78, 5) is 0. The van der Waals surface area contributed by atoms with Gasteiger partial charge in [0.2, 0.25) is 0 Å². The SMILES string of the molecule is CC(C)C1CCC(N)C1.CC(C)[C@@H]1CC[C@@H](C)C1.CC(C)[C@@H]1CC[C@H](C)C1.CC(C)[C@H]1CC[C@@H](C)C1.CC(C)[C@H]1CC[C@H](C)C1.CC1CC(C(C)C)C1.CC1CC(C(C)C)C1.CC1CC(C(C)C)C1.CC1CC(C2CC(C(C)C)C2)C1.CC1CCC(C(C)C)CC1.CC1CCC(C(C)C)CC1.CC1CCC(C(C)C)CC1.CNC1CCC(C(C)C)CC1.CNC1CCC(C(C)C)CC1.CNC1CCC(C(C)C)CC1. The van der Waals surface area contributed by atoms with Crippen molar-refractivity contribution in [2.24, 2.45) is 260 Å². The molecule has 4 heteroatoms. The maximum Gasteiger partial charge on any atom is 0.00642 e. The lowest BCUT2D eigenvalue weighted by Gasteiger charge is -2.48. The number of rotatable bonds is 19. The lowest BCUT2D eigenvalue weighted by atomic mass is 9.57. The van der Waals surface area contributed by atoms with Crippen LogP contribution in [0.15, 0.2) is 0 Å². The van der Waals surface area contributed by atoms with Crippen LogP contribution in [0.3, 0.4) is 0 Å². The Morgan fingerprint density at radius 1 is 0.132 bits per heavy atom. The number of nitrogens with two attached hydrogens (primary N) is 1. The van der Waals surface area contributed by atoms with Crippen molar-refractivity contribution in [1.82, 2.24) is 16.0 Å². The van der Waals surface area contributed by atoms with Crippen LogP contribution in [-0.2, 0) is 0 Å². The van der Waals surface area contributed by atoms with Gasteiger partial charge in [-0.2, -0.15) is 0 Å². The molecule has 0 spiro atoms. The van der Waals surface area contributed by atoms with E-state index in [4.69, 9.17) is 5.73 Å². The smallest absolute Gasteiger partial charge is 0.00642 e. The van der Waals surface area contributed by atoms with Gasteiger partial charge >= 0.3 is 0 Å². The molecule has 2 unspecified atom stereocenters. The standard InChI is InChI=1S/C12H22.3C10H21N.3C10H20.4C9H18.C8H17N.3C8H16/c1-8(2)10-6-12(7-10)11-4-9(3)5-11;3*1-8(2)9-4-6-10(11-3)7-5-9;3*1-8(2)10-6-4-9(3)5-7-10;4*1-7(2)9-5-4-8(3)6-9;1-6(2)7-3-4-8(9)5-7;3*1-6(2)8-4-7(3)5-8/h8-12H,4-7H2,1-3H3;3*8-11H,4-7H2,1-3H3;3*8-10H,4-7H2,1-3H3;4*7-9H,4-6H2,1-3H3;6-8H,3-5,9H2,1-2H3;3*6-8H,4-5H2,1-3H3/t;;;;;;;2*8-,9+;2*8-,9-;;;;/m.......1010..../s1. The highest BCUT2D eigenvalue weighted by Crippen LogP contribution is 2.52. The second kappa shape index (κ2) is 77.3. The molecule has 0 aromatic rings. The van der Waals surface area contributed by atoms with E-state index < -0.39 is 0 Å². The first kappa shape index (κ1) is 140. The van der Waals surface area contributed by atoms with Crippen LogP contribution in [-0.4, -0.2) is 45.3 Å². The van der Waals surface area contributed by atoms with Crippen LogP contribution in [0.5, 0.6) is 0 Å². The Morgan fingerprint density at radius 3 is 0.382 bits per heavy atom. The molecule has 5 N–H and O–H groups in total. The molecule has 10 atom stereocenters. The third kappa shape index (κ3) is 61.0. The predicted molar refractivity (Wildman–Crippen MR) is 655 cm³/mol. The summed E-state index contributed by atoms with van der Waals surface area (Å²) in [5.41, 5.74) is 5.76. The molecule has 0 saturated heterocycles. The van der Waals surface area contributed by atoms with Crippen molar-refractivity contribution in [1.29, 1.82) is 0 Å². The van der Waals surface area contributed by atoms with E-state index in [2.05, 4.69) is 321 Å². The largest absolute Gasteiger partial charge is 0.328 e. The Bertz CT molecular complexity index is 2530. The fraction of sp³-hybridized carbons (Fsp3) is 1.00. The molecule has 16 saturated carbocycles. The van der Waals surface area contributed by atoms with E-state index in [9.17, 15) is 0 Å². The van der Waals surface area contributed by atoms with Crippen LogP contribution in [0.2, 0.25) is 0 Å². The molecule has 0 aromatic carbocycles. The Hall–Kier alpha value is -0.160. The number of nitrogens with one attached hydrogen (secondary N) is 3. The fourth-order valence-electron chi connectivity index (χ4n) is 28.7. The summed E-state index contributed by atoms with van der Waals surface area (Å²) in [5.74, 6) is 42.7. The molecule has 862 valence electrons. The van der Waals surface area contributed by atoms with Crippen molar-refractivity contribution in [3.8, 4) is 0 Å². The Labute approximate surface area is 913 Å². The van der Waals surface area contributed by atoms with Crippen LogP contribution in [0, 0.1) is 254 Å². The molecular formula is C140H282N4. The summed E-state index contributed by atoms with van der Waals surface area (Å²) in [6, 6.07) is 2.94. The van der Waals surface area contributed by atoms with E-state index in [-0.39, 0.29) is 0 Å². The number of hydrogen-bond acceptors (Lipinski definition) is 4. The van der Waals surface area contributed by atoms with E-state index in [1.54, 1.807) is 12.8 Å². The maximum atomic E-state index is 5.76. The van der Waals surface area contributed by atoms with Gasteiger partial charge in [0.15, 0.2) is 0 Å². The molecule has 0 aliphatic heterocycles. The summed E-state index contributed by atoms with van der Waals surface area (Å²) in [6.45, 7) is 96.5. The van der Waals surface area contributed by atoms with E-state index in [0.717, 1.165) is 273 Å². The molecule has 16 fully saturated rings. The zero-order valence-corrected chi connectivity index (χ0v) is 108. The van der Waals surface area contributed by atoms with Gasteiger partial charge in [-0.15, -0.1) is 0 Å². The van der Waals surface area contributed by atoms with E-state index in [1.807, 2.05) is 0 Å². The maximum absolute atomic E-state index is 5.76. The molecular weight excluding hydrogens is 1740 g/mol. The summed E-state index contributed by atoms with van der Waals surface area (Å²) in [5, 5.41) is 10.1. The third-order valence-corrected chi connectivity index (χ3v) is 42.8. The molecule has 0 aromatic heterocycles. The van der Waals surface area contributed by atoms with Gasteiger partial charge in [-0.1, -0.05) is 348 Å². The number of hydrogen-bond donors (Lipinski definition) is 4. The van der Waals surface area contributed by atoms with E-state index in [1.165, 1.54) is 302 Å². The van der Waals surface area contributed by atoms with Gasteiger partial charge in [0.1, 0.15) is 0 Å². The average Bonchev–Trinajstić information content (AvgIpc) is 1.08. The molecule has 16 aliphatic carbocycles. The van der Waals surface area contributed by atoms with Crippen LogP contribution in [0.1, 0.15) is 598 Å². The molecule has 0 amide bonds. The van der Waals surface area contributed by atoms with Gasteiger partial charge < -0.3 is 21.7 Å². The minimum atomic E-state index is 0.511.